The van der Waals surface area contributed by atoms with Gasteiger partial charge in [0.15, 0.2) is 6.23 Å². The lowest BCUT2D eigenvalue weighted by Gasteiger charge is -2.11. The van der Waals surface area contributed by atoms with E-state index in [1.165, 1.54) is 6.07 Å². The number of benzene rings is 3. The van der Waals surface area contributed by atoms with E-state index in [0.717, 1.165) is 40.3 Å². The zero-order valence-corrected chi connectivity index (χ0v) is 15.3. The van der Waals surface area contributed by atoms with Crippen molar-refractivity contribution in [3.8, 4) is 16.9 Å². The van der Waals surface area contributed by atoms with Crippen molar-refractivity contribution in [2.45, 2.75) is 20.1 Å². The monoisotopic (exact) mass is 380 g/mol. The second-order valence-electron chi connectivity index (χ2n) is 6.70. The van der Waals surface area contributed by atoms with E-state index in [4.69, 9.17) is 4.74 Å². The number of fused-ring (bicyclic) bond motifs is 1. The third kappa shape index (κ3) is 3.29. The van der Waals surface area contributed by atoms with E-state index in [0.29, 0.717) is 5.69 Å². The van der Waals surface area contributed by atoms with Crippen LogP contribution in [-0.4, -0.2) is 12.1 Å². The minimum atomic E-state index is -0.897. The van der Waals surface area contributed by atoms with E-state index in [1.54, 1.807) is 12.1 Å². The summed E-state index contributed by atoms with van der Waals surface area (Å²) in [4.78, 5) is 12.2. The van der Waals surface area contributed by atoms with Crippen molar-refractivity contribution in [3.63, 3.8) is 0 Å². The van der Waals surface area contributed by atoms with Crippen LogP contribution >= 0.6 is 0 Å². The molecule has 1 aliphatic rings. The molecule has 1 heterocycles. The number of nitrogens with one attached hydrogen (secondary N) is 2. The molecule has 1 atom stereocenters. The first-order valence-corrected chi connectivity index (χ1v) is 8.86. The molecule has 0 aromatic heterocycles. The first-order chi connectivity index (χ1) is 13.4. The molecular weight excluding hydrogens is 362 g/mol. The molecule has 4 nitrogen and oxygen atoms in total. The van der Waals surface area contributed by atoms with Gasteiger partial charge < -0.3 is 15.4 Å². The fourth-order valence-electron chi connectivity index (χ4n) is 3.29. The first kappa shape index (κ1) is 18.0. The van der Waals surface area contributed by atoms with Gasteiger partial charge in [0.05, 0.1) is 5.69 Å². The molecule has 142 valence electrons. The summed E-state index contributed by atoms with van der Waals surface area (Å²) in [5.41, 5.74) is 3.84. The molecule has 28 heavy (non-hydrogen) atoms. The van der Waals surface area contributed by atoms with Gasteiger partial charge in [0.2, 0.25) is 0 Å². The van der Waals surface area contributed by atoms with E-state index < -0.39 is 23.1 Å². The minimum Gasteiger partial charge on any atom is -0.469 e. The summed E-state index contributed by atoms with van der Waals surface area (Å²) in [6.45, 7) is 3.95. The Labute approximate surface area is 161 Å². The van der Waals surface area contributed by atoms with Crippen LogP contribution in [0.25, 0.3) is 11.1 Å². The maximum Gasteiger partial charge on any atom is 0.261 e. The SMILES string of the molecule is Cc1cc2c(cc1-c1ccc(NC(=O)c3c(F)cccc3F)cc1)OC(C)N2. The Bertz CT molecular complexity index is 1040. The number of rotatable bonds is 3. The zero-order chi connectivity index (χ0) is 19.8. The summed E-state index contributed by atoms with van der Waals surface area (Å²) >= 11 is 0. The van der Waals surface area contributed by atoms with Gasteiger partial charge in [-0.1, -0.05) is 18.2 Å². The topological polar surface area (TPSA) is 50.4 Å². The number of halogens is 2. The molecule has 0 spiro atoms. The number of carbonyl (C=O) groups excluding carboxylic acids is 1. The molecule has 0 aliphatic carbocycles. The predicted octanol–water partition coefficient (Wildman–Crippen LogP) is 5.34. The molecule has 2 N–H and O–H groups in total. The molecule has 3 aromatic carbocycles. The number of amides is 1. The van der Waals surface area contributed by atoms with Gasteiger partial charge in [-0.2, -0.15) is 0 Å². The van der Waals surface area contributed by atoms with Gasteiger partial charge >= 0.3 is 0 Å². The van der Waals surface area contributed by atoms with Crippen molar-refractivity contribution in [1.29, 1.82) is 0 Å². The lowest BCUT2D eigenvalue weighted by Crippen LogP contribution is -2.15. The highest BCUT2D eigenvalue weighted by atomic mass is 19.1. The molecule has 1 aliphatic heterocycles. The van der Waals surface area contributed by atoms with Crippen LogP contribution in [0, 0.1) is 18.6 Å². The van der Waals surface area contributed by atoms with Crippen molar-refractivity contribution in [1.82, 2.24) is 0 Å². The average molecular weight is 380 g/mol. The summed E-state index contributed by atoms with van der Waals surface area (Å²) in [7, 11) is 0. The van der Waals surface area contributed by atoms with Gasteiger partial charge in [0, 0.05) is 5.69 Å². The van der Waals surface area contributed by atoms with Crippen LogP contribution in [0.1, 0.15) is 22.8 Å². The normalized spacial score (nSPS) is 14.8. The quantitative estimate of drug-likeness (QED) is 0.645. The summed E-state index contributed by atoms with van der Waals surface area (Å²) in [6, 6.07) is 14.4. The van der Waals surface area contributed by atoms with Crippen molar-refractivity contribution in [2.75, 3.05) is 10.6 Å². The van der Waals surface area contributed by atoms with Gasteiger partial charge in [0.1, 0.15) is 22.9 Å². The fraction of sp³-hybridized carbons (Fsp3) is 0.136. The molecule has 1 amide bonds. The molecule has 1 unspecified atom stereocenters. The van der Waals surface area contributed by atoms with Gasteiger partial charge in [0.25, 0.3) is 5.91 Å². The van der Waals surface area contributed by atoms with Crippen LogP contribution in [0.4, 0.5) is 20.2 Å². The largest absolute Gasteiger partial charge is 0.469 e. The third-order valence-corrected chi connectivity index (χ3v) is 4.63. The second-order valence-corrected chi connectivity index (χ2v) is 6.70. The van der Waals surface area contributed by atoms with Gasteiger partial charge in [-0.05, 0) is 66.9 Å². The van der Waals surface area contributed by atoms with Crippen LogP contribution in [0.3, 0.4) is 0 Å². The molecule has 6 heteroatoms. The van der Waals surface area contributed by atoms with Gasteiger partial charge in [-0.25, -0.2) is 8.78 Å². The van der Waals surface area contributed by atoms with Gasteiger partial charge in [-0.3, -0.25) is 4.79 Å². The summed E-state index contributed by atoms with van der Waals surface area (Å²) in [5, 5.41) is 5.77. The summed E-state index contributed by atoms with van der Waals surface area (Å²) in [5.74, 6) is -1.83. The maximum atomic E-state index is 13.8. The fourth-order valence-corrected chi connectivity index (χ4v) is 3.29. The standard InChI is InChI=1S/C22H18F2N2O2/c1-12-10-19-20(28-13(2)25-19)11-16(12)14-6-8-15(9-7-14)26-22(27)21-17(23)4-3-5-18(21)24/h3-11,13,25H,1-2H3,(H,26,27). The van der Waals surface area contributed by atoms with Gasteiger partial charge in [-0.15, -0.1) is 0 Å². The number of anilines is 2. The van der Waals surface area contributed by atoms with E-state index in [-0.39, 0.29) is 6.23 Å². The highest BCUT2D eigenvalue weighted by Gasteiger charge is 2.20. The van der Waals surface area contributed by atoms with Crippen LogP contribution in [0.15, 0.2) is 54.6 Å². The zero-order valence-electron chi connectivity index (χ0n) is 15.3. The summed E-state index contributed by atoms with van der Waals surface area (Å²) < 4.78 is 33.2. The Balaban J connectivity index is 1.57. The van der Waals surface area contributed by atoms with E-state index in [2.05, 4.69) is 10.6 Å². The number of ether oxygens (including phenoxy) is 1. The van der Waals surface area contributed by atoms with Crippen LogP contribution in [0.5, 0.6) is 5.75 Å². The van der Waals surface area contributed by atoms with E-state index >= 15 is 0 Å². The van der Waals surface area contributed by atoms with Crippen molar-refractivity contribution in [2.24, 2.45) is 0 Å². The van der Waals surface area contributed by atoms with E-state index in [9.17, 15) is 13.6 Å². The molecule has 0 radical (unpaired) electrons. The highest BCUT2D eigenvalue weighted by molar-refractivity contribution is 6.04. The average Bonchev–Trinajstić information content (AvgIpc) is 3.00. The van der Waals surface area contributed by atoms with Crippen LogP contribution in [-0.2, 0) is 0 Å². The molecule has 4 rings (SSSR count). The third-order valence-electron chi connectivity index (χ3n) is 4.63. The molecule has 3 aromatic rings. The molecular formula is C22H18F2N2O2. The number of carbonyl (C=O) groups is 1. The van der Waals surface area contributed by atoms with E-state index in [1.807, 2.05) is 38.1 Å². The number of aryl methyl sites for hydroxylation is 1. The molecule has 0 saturated carbocycles. The molecule has 0 saturated heterocycles. The molecule has 0 fully saturated rings. The van der Waals surface area contributed by atoms with Crippen LogP contribution in [0.2, 0.25) is 0 Å². The van der Waals surface area contributed by atoms with Crippen molar-refractivity contribution >= 4 is 17.3 Å². The Morgan fingerprint density at radius 2 is 1.75 bits per heavy atom. The Morgan fingerprint density at radius 3 is 2.43 bits per heavy atom. The van der Waals surface area contributed by atoms with Crippen molar-refractivity contribution in [3.05, 3.63) is 77.4 Å². The molecule has 0 bridgehead atoms. The lowest BCUT2D eigenvalue weighted by atomic mass is 9.99. The second kappa shape index (κ2) is 6.96. The Morgan fingerprint density at radius 1 is 1.07 bits per heavy atom. The first-order valence-electron chi connectivity index (χ1n) is 8.86. The lowest BCUT2D eigenvalue weighted by molar-refractivity contribution is 0.101. The number of hydrogen-bond acceptors (Lipinski definition) is 3. The number of hydrogen-bond donors (Lipinski definition) is 2. The van der Waals surface area contributed by atoms with Crippen LogP contribution < -0.4 is 15.4 Å². The Kier molecular flexibility index (Phi) is 4.47. The minimum absolute atomic E-state index is 0.0685. The highest BCUT2D eigenvalue weighted by Crippen LogP contribution is 2.38. The maximum absolute atomic E-state index is 13.8. The van der Waals surface area contributed by atoms with Crippen molar-refractivity contribution < 1.29 is 18.3 Å². The predicted molar refractivity (Wildman–Crippen MR) is 105 cm³/mol. The summed E-state index contributed by atoms with van der Waals surface area (Å²) in [6.07, 6.45) is -0.0685. The Hall–Kier alpha value is -3.41. The smallest absolute Gasteiger partial charge is 0.261 e.